The van der Waals surface area contributed by atoms with Gasteiger partial charge in [0.25, 0.3) is 0 Å². The number of halogens is 1. The molecule has 1 heterocycles. The third-order valence-corrected chi connectivity index (χ3v) is 1.84. The first-order chi connectivity index (χ1) is 6.18. The van der Waals surface area contributed by atoms with Gasteiger partial charge in [0.15, 0.2) is 0 Å². The summed E-state index contributed by atoms with van der Waals surface area (Å²) in [5.41, 5.74) is 0. The fourth-order valence-corrected chi connectivity index (χ4v) is 0.990. The first-order valence-electron chi connectivity index (χ1n) is 4.40. The Labute approximate surface area is 83.5 Å². The molecule has 0 bridgehead atoms. The lowest BCUT2D eigenvalue weighted by molar-refractivity contribution is 0.606. The maximum Gasteiger partial charge on any atom is 0.147 e. The molecule has 0 radical (unpaired) electrons. The van der Waals surface area contributed by atoms with Gasteiger partial charge in [-0.25, -0.2) is 9.97 Å². The molecule has 0 aliphatic rings. The molecule has 0 amide bonds. The van der Waals surface area contributed by atoms with Gasteiger partial charge in [-0.3, -0.25) is 0 Å². The van der Waals surface area contributed by atoms with Gasteiger partial charge in [0, 0.05) is 6.54 Å². The van der Waals surface area contributed by atoms with Crippen LogP contribution in [0.3, 0.4) is 0 Å². The van der Waals surface area contributed by atoms with Gasteiger partial charge in [-0.1, -0.05) is 25.4 Å². The molecule has 0 unspecified atom stereocenters. The van der Waals surface area contributed by atoms with Crippen LogP contribution >= 0.6 is 11.6 Å². The topological polar surface area (TPSA) is 37.8 Å². The Morgan fingerprint density at radius 1 is 1.38 bits per heavy atom. The molecule has 0 aliphatic heterocycles. The molecule has 4 heteroatoms. The van der Waals surface area contributed by atoms with Crippen molar-refractivity contribution in [3.05, 3.63) is 17.5 Å². The zero-order valence-corrected chi connectivity index (χ0v) is 8.67. The highest BCUT2D eigenvalue weighted by atomic mass is 35.5. The Morgan fingerprint density at radius 2 is 2.15 bits per heavy atom. The van der Waals surface area contributed by atoms with E-state index in [1.54, 1.807) is 12.4 Å². The predicted molar refractivity (Wildman–Crippen MR) is 55.0 cm³/mol. The van der Waals surface area contributed by atoms with Crippen molar-refractivity contribution in [1.82, 2.24) is 9.97 Å². The third-order valence-electron chi connectivity index (χ3n) is 1.65. The second kappa shape index (κ2) is 5.02. The first-order valence-corrected chi connectivity index (χ1v) is 4.77. The fraction of sp³-hybridized carbons (Fsp3) is 0.556. The van der Waals surface area contributed by atoms with Crippen molar-refractivity contribution in [3.8, 4) is 0 Å². The second-order valence-electron chi connectivity index (χ2n) is 3.33. The van der Waals surface area contributed by atoms with Crippen LogP contribution in [0.1, 0.15) is 20.3 Å². The first kappa shape index (κ1) is 10.3. The van der Waals surface area contributed by atoms with E-state index in [0.717, 1.165) is 18.8 Å². The summed E-state index contributed by atoms with van der Waals surface area (Å²) in [6.45, 7) is 5.30. The highest BCUT2D eigenvalue weighted by Crippen LogP contribution is 2.06. The average molecular weight is 200 g/mol. The Balaban J connectivity index is 2.33. The minimum absolute atomic E-state index is 0.425. The van der Waals surface area contributed by atoms with E-state index in [4.69, 9.17) is 11.6 Å². The van der Waals surface area contributed by atoms with Crippen LogP contribution in [0.25, 0.3) is 0 Å². The molecule has 1 rings (SSSR count). The van der Waals surface area contributed by atoms with Crippen LogP contribution in [0.2, 0.25) is 5.15 Å². The lowest BCUT2D eigenvalue weighted by Gasteiger charge is -2.06. The zero-order valence-electron chi connectivity index (χ0n) is 7.92. The molecule has 13 heavy (non-hydrogen) atoms. The Bertz CT molecular complexity index is 246. The maximum absolute atomic E-state index is 5.59. The summed E-state index contributed by atoms with van der Waals surface area (Å²) >= 11 is 5.59. The lowest BCUT2D eigenvalue weighted by atomic mass is 10.1. The van der Waals surface area contributed by atoms with Crippen molar-refractivity contribution in [1.29, 1.82) is 0 Å². The summed E-state index contributed by atoms with van der Waals surface area (Å²) in [6, 6.07) is 0. The molecule has 1 N–H and O–H groups in total. The SMILES string of the molecule is CC(C)CCNc1cnc(Cl)cn1. The molecule has 1 aromatic heterocycles. The average Bonchev–Trinajstić information content (AvgIpc) is 2.08. The van der Waals surface area contributed by atoms with E-state index in [1.165, 1.54) is 0 Å². The number of aromatic nitrogens is 2. The molecule has 0 saturated heterocycles. The lowest BCUT2D eigenvalue weighted by Crippen LogP contribution is -2.06. The van der Waals surface area contributed by atoms with Crippen LogP contribution in [0.5, 0.6) is 0 Å². The minimum atomic E-state index is 0.425. The highest BCUT2D eigenvalue weighted by molar-refractivity contribution is 6.29. The summed E-state index contributed by atoms with van der Waals surface area (Å²) in [7, 11) is 0. The van der Waals surface area contributed by atoms with Crippen molar-refractivity contribution in [2.45, 2.75) is 20.3 Å². The molecule has 0 atom stereocenters. The van der Waals surface area contributed by atoms with Crippen LogP contribution in [-0.4, -0.2) is 16.5 Å². The van der Waals surface area contributed by atoms with Crippen LogP contribution < -0.4 is 5.32 Å². The molecule has 0 saturated carbocycles. The van der Waals surface area contributed by atoms with Crippen molar-refractivity contribution >= 4 is 17.4 Å². The predicted octanol–water partition coefficient (Wildman–Crippen LogP) is 2.59. The maximum atomic E-state index is 5.59. The summed E-state index contributed by atoms with van der Waals surface area (Å²) in [6.07, 6.45) is 4.31. The normalized spacial score (nSPS) is 10.5. The van der Waals surface area contributed by atoms with E-state index in [-0.39, 0.29) is 0 Å². The van der Waals surface area contributed by atoms with Crippen molar-refractivity contribution in [3.63, 3.8) is 0 Å². The van der Waals surface area contributed by atoms with Gasteiger partial charge in [-0.05, 0) is 12.3 Å². The van der Waals surface area contributed by atoms with Crippen LogP contribution in [0, 0.1) is 5.92 Å². The van der Waals surface area contributed by atoms with E-state index >= 15 is 0 Å². The Kier molecular flexibility index (Phi) is 3.96. The van der Waals surface area contributed by atoms with Gasteiger partial charge in [-0.2, -0.15) is 0 Å². The van der Waals surface area contributed by atoms with E-state index < -0.39 is 0 Å². The minimum Gasteiger partial charge on any atom is -0.369 e. The number of hydrogen-bond donors (Lipinski definition) is 1. The number of rotatable bonds is 4. The molecule has 0 aromatic carbocycles. The second-order valence-corrected chi connectivity index (χ2v) is 3.72. The molecular formula is C9H14ClN3. The van der Waals surface area contributed by atoms with E-state index in [0.29, 0.717) is 11.1 Å². The van der Waals surface area contributed by atoms with Gasteiger partial charge in [-0.15, -0.1) is 0 Å². The van der Waals surface area contributed by atoms with Crippen molar-refractivity contribution in [2.75, 3.05) is 11.9 Å². The highest BCUT2D eigenvalue weighted by Gasteiger charge is 1.96. The van der Waals surface area contributed by atoms with Crippen molar-refractivity contribution < 1.29 is 0 Å². The number of nitrogens with zero attached hydrogens (tertiary/aromatic N) is 2. The van der Waals surface area contributed by atoms with Crippen LogP contribution in [0.15, 0.2) is 12.4 Å². The van der Waals surface area contributed by atoms with E-state index in [9.17, 15) is 0 Å². The zero-order chi connectivity index (χ0) is 9.68. The smallest absolute Gasteiger partial charge is 0.147 e. The van der Waals surface area contributed by atoms with Crippen LogP contribution in [0.4, 0.5) is 5.82 Å². The standard InChI is InChI=1S/C9H14ClN3/c1-7(2)3-4-11-9-6-12-8(10)5-13-9/h5-7H,3-4H2,1-2H3,(H,11,13). The van der Waals surface area contributed by atoms with Gasteiger partial charge in [0.05, 0.1) is 12.4 Å². The molecule has 72 valence electrons. The molecule has 3 nitrogen and oxygen atoms in total. The molecule has 0 spiro atoms. The monoisotopic (exact) mass is 199 g/mol. The van der Waals surface area contributed by atoms with Gasteiger partial charge < -0.3 is 5.32 Å². The Hall–Kier alpha value is -0.830. The van der Waals surface area contributed by atoms with Gasteiger partial charge >= 0.3 is 0 Å². The number of anilines is 1. The molecular weight excluding hydrogens is 186 g/mol. The Morgan fingerprint density at radius 3 is 2.69 bits per heavy atom. The summed E-state index contributed by atoms with van der Waals surface area (Å²) in [5, 5.41) is 3.60. The summed E-state index contributed by atoms with van der Waals surface area (Å²) in [4.78, 5) is 7.99. The third kappa shape index (κ3) is 4.08. The van der Waals surface area contributed by atoms with Crippen molar-refractivity contribution in [2.24, 2.45) is 5.92 Å². The summed E-state index contributed by atoms with van der Waals surface area (Å²) < 4.78 is 0. The largest absolute Gasteiger partial charge is 0.369 e. The van der Waals surface area contributed by atoms with E-state index in [2.05, 4.69) is 29.1 Å². The molecule has 0 fully saturated rings. The summed E-state index contributed by atoms with van der Waals surface area (Å²) in [5.74, 6) is 1.48. The van der Waals surface area contributed by atoms with Gasteiger partial charge in [0.1, 0.15) is 11.0 Å². The number of hydrogen-bond acceptors (Lipinski definition) is 3. The molecule has 1 aromatic rings. The van der Waals surface area contributed by atoms with E-state index in [1.807, 2.05) is 0 Å². The van der Waals surface area contributed by atoms with Crippen LogP contribution in [-0.2, 0) is 0 Å². The molecule has 0 aliphatic carbocycles. The number of nitrogens with one attached hydrogen (secondary N) is 1. The van der Waals surface area contributed by atoms with Gasteiger partial charge in [0.2, 0.25) is 0 Å². The quantitative estimate of drug-likeness (QED) is 0.810. The fourth-order valence-electron chi connectivity index (χ4n) is 0.892.